The Hall–Kier alpha value is -1.75. The van der Waals surface area contributed by atoms with E-state index in [0.717, 1.165) is 77.3 Å². The molecule has 5 N–H and O–H groups in total. The predicted octanol–water partition coefficient (Wildman–Crippen LogP) is 1.52. The quantitative estimate of drug-likeness (QED) is 0.271. The van der Waals surface area contributed by atoms with Gasteiger partial charge in [0.2, 0.25) is 5.91 Å². The molecule has 1 saturated carbocycles. The number of hydrogen-bond acceptors (Lipinski definition) is 8. The second kappa shape index (κ2) is 13.7. The molecule has 218 valence electrons. The summed E-state index contributed by atoms with van der Waals surface area (Å²) < 4.78 is 6.15. The number of β-amino-alcohol motifs (C(OH)–C–C–N with tert-alkyl or cyclic N) is 1. The highest BCUT2D eigenvalue weighted by Crippen LogP contribution is 2.30. The normalized spacial score (nSPS) is 25.7. The van der Waals surface area contributed by atoms with Crippen LogP contribution in [0.15, 0.2) is 12.1 Å². The second-order valence-corrected chi connectivity index (χ2v) is 12.2. The number of carbonyl (C=O) groups excluding carboxylic acids is 1. The van der Waals surface area contributed by atoms with Gasteiger partial charge in [-0.15, -0.1) is 0 Å². The first-order valence-corrected chi connectivity index (χ1v) is 15.4. The Kier molecular flexibility index (Phi) is 10.1. The Balaban J connectivity index is 1.06. The number of hydrogen-bond donors (Lipinski definition) is 5. The number of rotatable bonds is 12. The summed E-state index contributed by atoms with van der Waals surface area (Å²) in [7, 11) is 0. The van der Waals surface area contributed by atoms with Crippen molar-refractivity contribution in [2.24, 2.45) is 11.8 Å². The Bertz CT molecular complexity index is 951. The minimum atomic E-state index is -0.572. The number of ether oxygens (including phenoxy) is 1. The molecule has 3 fully saturated rings. The van der Waals surface area contributed by atoms with Gasteiger partial charge < -0.3 is 15.2 Å². The van der Waals surface area contributed by atoms with Crippen LogP contribution in [0.3, 0.4) is 0 Å². The Morgan fingerprint density at radius 2 is 2.03 bits per heavy atom. The van der Waals surface area contributed by atoms with Crippen molar-refractivity contribution in [3.05, 3.63) is 28.8 Å². The van der Waals surface area contributed by atoms with Crippen LogP contribution in [-0.2, 0) is 17.8 Å². The summed E-state index contributed by atoms with van der Waals surface area (Å²) in [5, 5.41) is 17.7. The van der Waals surface area contributed by atoms with Gasteiger partial charge in [-0.05, 0) is 74.8 Å². The van der Waals surface area contributed by atoms with Gasteiger partial charge >= 0.3 is 0 Å². The molecule has 5 rings (SSSR count). The molecule has 1 amide bonds. The molecule has 4 aliphatic rings. The van der Waals surface area contributed by atoms with Crippen molar-refractivity contribution < 1.29 is 14.6 Å². The summed E-state index contributed by atoms with van der Waals surface area (Å²) in [6, 6.07) is 4.90. The van der Waals surface area contributed by atoms with Crippen molar-refractivity contribution in [1.29, 1.82) is 0 Å². The molecule has 3 heterocycles. The SMILES string of the molecule is CCCN1CCC(C(=O)NC[C@H](O)CN2CCc3c(ccc(OCC4CNNC4)c3C)C2)CC1NC1CCC1. The lowest BCUT2D eigenvalue weighted by atomic mass is 9.89. The van der Waals surface area contributed by atoms with E-state index in [9.17, 15) is 9.90 Å². The number of likely N-dealkylation sites (tertiary alicyclic amines) is 1. The number of fused-ring (bicyclic) bond motifs is 1. The van der Waals surface area contributed by atoms with Crippen LogP contribution in [0.2, 0.25) is 0 Å². The molecular formula is C30H50N6O3. The van der Waals surface area contributed by atoms with E-state index in [-0.39, 0.29) is 11.8 Å². The third-order valence-electron chi connectivity index (χ3n) is 9.21. The number of benzene rings is 1. The zero-order chi connectivity index (χ0) is 27.2. The average Bonchev–Trinajstić information content (AvgIpc) is 3.43. The van der Waals surface area contributed by atoms with Gasteiger partial charge in [-0.2, -0.15) is 0 Å². The molecule has 3 aliphatic heterocycles. The number of aliphatic hydroxyl groups is 1. The first-order chi connectivity index (χ1) is 19.0. The number of hydrazine groups is 1. The summed E-state index contributed by atoms with van der Waals surface area (Å²) in [5.41, 5.74) is 10.3. The van der Waals surface area contributed by atoms with Crippen molar-refractivity contribution in [2.45, 2.75) is 83.6 Å². The standard InChI is InChI=1S/C30H50N6O3/c1-3-11-36-13-9-23(14-29(36)34-25-5-4-6-25)30(38)31-17-26(37)19-35-12-10-27-21(2)28(8-7-24(27)18-35)39-20-22-15-32-33-16-22/h7-8,22-23,25-26,29,32-34,37H,3-6,9-20H2,1-2H3,(H,31,38)/t23?,26-,29?/m0/s1. The monoisotopic (exact) mass is 542 g/mol. The van der Waals surface area contributed by atoms with E-state index in [4.69, 9.17) is 4.74 Å². The number of amides is 1. The molecule has 0 aromatic heterocycles. The van der Waals surface area contributed by atoms with Gasteiger partial charge in [0.05, 0.1) is 18.9 Å². The van der Waals surface area contributed by atoms with E-state index in [2.05, 4.69) is 57.3 Å². The molecule has 2 unspecified atom stereocenters. The van der Waals surface area contributed by atoms with Crippen molar-refractivity contribution >= 4 is 5.91 Å². The van der Waals surface area contributed by atoms with Crippen LogP contribution in [0.5, 0.6) is 5.75 Å². The molecule has 0 spiro atoms. The molecule has 9 nitrogen and oxygen atoms in total. The van der Waals surface area contributed by atoms with Crippen molar-refractivity contribution in [2.75, 3.05) is 52.4 Å². The molecule has 1 aliphatic carbocycles. The van der Waals surface area contributed by atoms with Crippen LogP contribution in [0.25, 0.3) is 0 Å². The van der Waals surface area contributed by atoms with Crippen LogP contribution in [0, 0.1) is 18.8 Å². The predicted molar refractivity (Wildman–Crippen MR) is 153 cm³/mol. The summed E-state index contributed by atoms with van der Waals surface area (Å²) in [6.07, 6.45) is 7.40. The lowest BCUT2D eigenvalue weighted by Crippen LogP contribution is -2.57. The zero-order valence-corrected chi connectivity index (χ0v) is 24.0. The highest BCUT2D eigenvalue weighted by molar-refractivity contribution is 5.78. The molecule has 0 bridgehead atoms. The molecular weight excluding hydrogens is 492 g/mol. The van der Waals surface area contributed by atoms with Crippen LogP contribution in [-0.4, -0.2) is 91.5 Å². The topological polar surface area (TPSA) is 101 Å². The maximum Gasteiger partial charge on any atom is 0.223 e. The summed E-state index contributed by atoms with van der Waals surface area (Å²) >= 11 is 0. The molecule has 9 heteroatoms. The summed E-state index contributed by atoms with van der Waals surface area (Å²) in [6.45, 7) is 11.7. The fourth-order valence-corrected chi connectivity index (χ4v) is 6.57. The lowest BCUT2D eigenvalue weighted by Gasteiger charge is -2.43. The first kappa shape index (κ1) is 28.8. The van der Waals surface area contributed by atoms with E-state index in [0.29, 0.717) is 31.2 Å². The third kappa shape index (κ3) is 7.51. The Morgan fingerprint density at radius 1 is 1.21 bits per heavy atom. The van der Waals surface area contributed by atoms with Crippen molar-refractivity contribution in [3.63, 3.8) is 0 Å². The van der Waals surface area contributed by atoms with Gasteiger partial charge in [-0.25, -0.2) is 0 Å². The van der Waals surface area contributed by atoms with Crippen molar-refractivity contribution in [3.8, 4) is 5.75 Å². The minimum absolute atomic E-state index is 0.0188. The van der Waals surface area contributed by atoms with E-state index < -0.39 is 6.10 Å². The fourth-order valence-electron chi connectivity index (χ4n) is 6.57. The van der Waals surface area contributed by atoms with Crippen LogP contribution < -0.4 is 26.2 Å². The van der Waals surface area contributed by atoms with Gasteiger partial charge in [0.25, 0.3) is 0 Å². The number of aliphatic hydroxyl groups excluding tert-OH is 1. The smallest absolute Gasteiger partial charge is 0.223 e. The number of carbonyl (C=O) groups is 1. The van der Waals surface area contributed by atoms with Crippen LogP contribution in [0.1, 0.15) is 62.1 Å². The summed E-state index contributed by atoms with van der Waals surface area (Å²) in [4.78, 5) is 17.9. The average molecular weight is 543 g/mol. The minimum Gasteiger partial charge on any atom is -0.493 e. The van der Waals surface area contributed by atoms with Gasteiger partial charge in [0, 0.05) is 63.7 Å². The molecule has 2 saturated heterocycles. The number of nitrogens with zero attached hydrogens (tertiary/aromatic N) is 2. The van der Waals surface area contributed by atoms with E-state index in [1.165, 1.54) is 36.0 Å². The first-order valence-electron chi connectivity index (χ1n) is 15.4. The number of nitrogens with one attached hydrogen (secondary N) is 4. The lowest BCUT2D eigenvalue weighted by molar-refractivity contribution is -0.128. The Labute approximate surface area is 234 Å². The highest BCUT2D eigenvalue weighted by atomic mass is 16.5. The van der Waals surface area contributed by atoms with Crippen LogP contribution in [0.4, 0.5) is 0 Å². The summed E-state index contributed by atoms with van der Waals surface area (Å²) in [5.74, 6) is 1.60. The van der Waals surface area contributed by atoms with Gasteiger partial charge in [0.1, 0.15) is 5.75 Å². The van der Waals surface area contributed by atoms with Gasteiger partial charge in [-0.1, -0.05) is 19.4 Å². The maximum absolute atomic E-state index is 13.0. The molecule has 3 atom stereocenters. The highest BCUT2D eigenvalue weighted by Gasteiger charge is 2.34. The molecule has 0 radical (unpaired) electrons. The molecule has 1 aromatic carbocycles. The maximum atomic E-state index is 13.0. The second-order valence-electron chi connectivity index (χ2n) is 12.2. The molecule has 39 heavy (non-hydrogen) atoms. The van der Waals surface area contributed by atoms with Gasteiger partial charge in [0.15, 0.2) is 0 Å². The largest absolute Gasteiger partial charge is 0.493 e. The van der Waals surface area contributed by atoms with E-state index in [1.807, 2.05) is 0 Å². The Morgan fingerprint density at radius 3 is 2.77 bits per heavy atom. The molecule has 1 aromatic rings. The van der Waals surface area contributed by atoms with E-state index >= 15 is 0 Å². The number of piperidine rings is 1. The van der Waals surface area contributed by atoms with Crippen molar-refractivity contribution in [1.82, 2.24) is 31.3 Å². The zero-order valence-electron chi connectivity index (χ0n) is 24.0. The van der Waals surface area contributed by atoms with Crippen LogP contribution >= 0.6 is 0 Å². The third-order valence-corrected chi connectivity index (χ3v) is 9.21. The van der Waals surface area contributed by atoms with E-state index in [1.54, 1.807) is 0 Å². The van der Waals surface area contributed by atoms with Gasteiger partial charge in [-0.3, -0.25) is 30.8 Å². The fraction of sp³-hybridized carbons (Fsp3) is 0.767.